The minimum absolute atomic E-state index is 0.00973. The average Bonchev–Trinajstić information content (AvgIpc) is 2.99. The number of nitrogens with zero attached hydrogens (tertiary/aromatic N) is 2. The van der Waals surface area contributed by atoms with Crippen LogP contribution in [0.4, 0.5) is 23.2 Å². The number of carbonyl (C=O) groups excluding carboxylic acids is 1. The van der Waals surface area contributed by atoms with E-state index in [1.165, 1.54) is 17.8 Å². The normalized spacial score (nSPS) is 20.0. The Morgan fingerprint density at radius 3 is 2.57 bits per heavy atom. The Labute approximate surface area is 269 Å². The maximum Gasteiger partial charge on any atom is 0.250 e. The lowest BCUT2D eigenvalue weighted by molar-refractivity contribution is -0.134. The van der Waals surface area contributed by atoms with Gasteiger partial charge in [-0.25, -0.2) is 17.6 Å². The van der Waals surface area contributed by atoms with Crippen LogP contribution in [0, 0.1) is 17.0 Å². The van der Waals surface area contributed by atoms with Crippen LogP contribution >= 0.6 is 35.0 Å². The highest BCUT2D eigenvalue weighted by atomic mass is 35.5. The Hall–Kier alpha value is -2.51. The van der Waals surface area contributed by atoms with Crippen molar-refractivity contribution in [3.8, 4) is 11.1 Å². The number of nitrogens with one attached hydrogen (secondary N) is 4. The van der Waals surface area contributed by atoms with Crippen LogP contribution in [0.15, 0.2) is 35.7 Å². The first-order valence-electron chi connectivity index (χ1n) is 14.3. The van der Waals surface area contributed by atoms with Gasteiger partial charge in [0.15, 0.2) is 0 Å². The number of anilines is 1. The van der Waals surface area contributed by atoms with E-state index in [1.807, 2.05) is 18.7 Å². The smallest absolute Gasteiger partial charge is 0.250 e. The third-order valence-corrected chi connectivity index (χ3v) is 9.53. The monoisotopic (exact) mass is 674 g/mol. The van der Waals surface area contributed by atoms with Crippen molar-refractivity contribution in [3.05, 3.63) is 58.1 Å². The van der Waals surface area contributed by atoms with Gasteiger partial charge in [-0.15, -0.1) is 18.3 Å². The zero-order valence-corrected chi connectivity index (χ0v) is 26.8. The number of piperazine rings is 1. The molecule has 0 saturated carbocycles. The van der Waals surface area contributed by atoms with Gasteiger partial charge in [0.1, 0.15) is 17.5 Å². The summed E-state index contributed by atoms with van der Waals surface area (Å²) in [7, 11) is 0. The van der Waals surface area contributed by atoms with Gasteiger partial charge in [-0.1, -0.05) is 36.2 Å². The highest BCUT2D eigenvalue weighted by molar-refractivity contribution is 7.99. The van der Waals surface area contributed by atoms with Crippen molar-refractivity contribution in [1.29, 1.82) is 5.41 Å². The summed E-state index contributed by atoms with van der Waals surface area (Å²) >= 11 is 14.3. The molecule has 2 heterocycles. The van der Waals surface area contributed by atoms with Gasteiger partial charge >= 0.3 is 0 Å². The molecule has 4 rings (SSSR count). The lowest BCUT2D eigenvalue weighted by Crippen LogP contribution is -2.59. The van der Waals surface area contributed by atoms with Gasteiger partial charge in [-0.3, -0.25) is 10.2 Å². The van der Waals surface area contributed by atoms with Gasteiger partial charge < -0.3 is 25.8 Å². The van der Waals surface area contributed by atoms with Gasteiger partial charge in [-0.2, -0.15) is 0 Å². The summed E-state index contributed by atoms with van der Waals surface area (Å²) in [5, 5.41) is 18.7. The number of hydrogen-bond donors (Lipinski definition) is 4. The Morgan fingerprint density at radius 1 is 1.16 bits per heavy atom. The molecule has 0 unspecified atom stereocenters. The van der Waals surface area contributed by atoms with Gasteiger partial charge in [-0.05, 0) is 19.1 Å². The molecule has 0 bridgehead atoms. The fraction of sp³-hybridized carbons (Fsp3) is 0.467. The first-order valence-corrected chi connectivity index (χ1v) is 16.1. The van der Waals surface area contributed by atoms with Crippen molar-refractivity contribution in [2.75, 3.05) is 50.3 Å². The van der Waals surface area contributed by atoms with Crippen molar-refractivity contribution in [3.63, 3.8) is 0 Å². The molecule has 1 amide bonds. The fourth-order valence-electron chi connectivity index (χ4n) is 5.43. The number of amidine groups is 1. The molecule has 1 saturated heterocycles. The second-order valence-electron chi connectivity index (χ2n) is 10.7. The fourth-order valence-corrected chi connectivity index (χ4v) is 7.20. The van der Waals surface area contributed by atoms with Crippen LogP contribution < -0.4 is 16.0 Å². The number of thioether (sulfide) groups is 1. The zero-order chi connectivity index (χ0) is 32.1. The van der Waals surface area contributed by atoms with Crippen molar-refractivity contribution in [1.82, 2.24) is 20.4 Å². The van der Waals surface area contributed by atoms with Crippen LogP contribution in [0.25, 0.3) is 11.1 Å². The SMILES string of the molecule is C=C[C@@H]1CN(C(=N)c2cc(Cl)c(-c3cc(Cl)c(F)cc3F)c3c2N[C@@H](CNCCNCC(F)F)CS3)[C@@H](C)CN1C(=O)CC. The number of benzene rings is 2. The first kappa shape index (κ1) is 34.4. The predicted molar refractivity (Wildman–Crippen MR) is 171 cm³/mol. The minimum Gasteiger partial charge on any atom is -0.379 e. The van der Waals surface area contributed by atoms with Gasteiger partial charge in [0, 0.05) is 84.6 Å². The molecule has 14 heteroatoms. The van der Waals surface area contributed by atoms with E-state index < -0.39 is 18.1 Å². The number of alkyl halides is 2. The van der Waals surface area contributed by atoms with E-state index in [9.17, 15) is 23.4 Å². The minimum atomic E-state index is -2.42. The van der Waals surface area contributed by atoms with E-state index in [0.717, 1.165) is 6.07 Å². The standard InChI is InChI=1S/C30H36Cl2F4N6OS/c1-4-18-14-41(16(3)13-42(18)26(43)5-2)30(37)20-9-22(32)27(19-8-21(31)24(34)10-23(19)33)29-28(20)40-17(15-44-29)11-38-6-7-39-12-25(35)36/h4,8-10,16-18,25,37-40H,1,5-7,11-15H2,2-3H3/t16-,17-,18+/m0/s1. The molecule has 1 fully saturated rings. The summed E-state index contributed by atoms with van der Waals surface area (Å²) in [6.45, 7) is 9.39. The van der Waals surface area contributed by atoms with Crippen molar-refractivity contribution in [2.24, 2.45) is 0 Å². The number of halogens is 6. The van der Waals surface area contributed by atoms with E-state index in [-0.39, 0.29) is 52.0 Å². The topological polar surface area (TPSA) is 83.5 Å². The number of carbonyl (C=O) groups is 1. The summed E-state index contributed by atoms with van der Waals surface area (Å²) in [4.78, 5) is 16.9. The van der Waals surface area contributed by atoms with E-state index in [1.54, 1.807) is 17.0 Å². The van der Waals surface area contributed by atoms with Crippen LogP contribution in [-0.2, 0) is 4.79 Å². The Kier molecular flexibility index (Phi) is 11.9. The van der Waals surface area contributed by atoms with Crippen LogP contribution in [0.5, 0.6) is 0 Å². The largest absolute Gasteiger partial charge is 0.379 e. The highest BCUT2D eigenvalue weighted by Gasteiger charge is 2.36. The predicted octanol–water partition coefficient (Wildman–Crippen LogP) is 6.09. The van der Waals surface area contributed by atoms with Gasteiger partial charge in [0.2, 0.25) is 5.91 Å². The highest BCUT2D eigenvalue weighted by Crippen LogP contribution is 2.48. The number of rotatable bonds is 11. The Bertz CT molecular complexity index is 1400. The maximum absolute atomic E-state index is 15.1. The Balaban J connectivity index is 1.68. The molecule has 4 N–H and O–H groups in total. The average molecular weight is 676 g/mol. The summed E-state index contributed by atoms with van der Waals surface area (Å²) in [5.41, 5.74) is 1.44. The third kappa shape index (κ3) is 7.64. The van der Waals surface area contributed by atoms with Crippen molar-refractivity contribution >= 4 is 52.4 Å². The maximum atomic E-state index is 15.1. The molecular formula is C30H36Cl2F4N6OS. The molecule has 2 aromatic carbocycles. The molecule has 0 radical (unpaired) electrons. The van der Waals surface area contributed by atoms with E-state index in [0.29, 0.717) is 66.6 Å². The van der Waals surface area contributed by atoms with Crippen molar-refractivity contribution in [2.45, 2.75) is 49.7 Å². The van der Waals surface area contributed by atoms with Crippen LogP contribution in [0.1, 0.15) is 25.8 Å². The number of amides is 1. The number of fused-ring (bicyclic) bond motifs is 1. The molecule has 2 aromatic rings. The first-order chi connectivity index (χ1) is 21.0. The van der Waals surface area contributed by atoms with E-state index >= 15 is 4.39 Å². The summed E-state index contributed by atoms with van der Waals surface area (Å²) in [5.74, 6) is -0.974. The van der Waals surface area contributed by atoms with E-state index in [4.69, 9.17) is 23.2 Å². The number of hydrogen-bond acceptors (Lipinski definition) is 6. The second-order valence-corrected chi connectivity index (χ2v) is 12.6. The molecular weight excluding hydrogens is 639 g/mol. The lowest BCUT2D eigenvalue weighted by atomic mass is 9.98. The molecule has 7 nitrogen and oxygen atoms in total. The van der Waals surface area contributed by atoms with Crippen LogP contribution in [0.2, 0.25) is 10.0 Å². The van der Waals surface area contributed by atoms with Gasteiger partial charge in [0.05, 0.1) is 28.3 Å². The molecule has 3 atom stereocenters. The molecule has 0 spiro atoms. The summed E-state index contributed by atoms with van der Waals surface area (Å²) < 4.78 is 54.0. The molecule has 240 valence electrons. The molecule has 2 aliphatic heterocycles. The van der Waals surface area contributed by atoms with E-state index in [2.05, 4.69) is 22.5 Å². The molecule has 0 aliphatic carbocycles. The quantitative estimate of drug-likeness (QED) is 0.0577. The molecule has 2 aliphatic rings. The van der Waals surface area contributed by atoms with Crippen LogP contribution in [-0.4, -0.2) is 91.1 Å². The third-order valence-electron chi connectivity index (χ3n) is 7.67. The zero-order valence-electron chi connectivity index (χ0n) is 24.5. The van der Waals surface area contributed by atoms with Crippen LogP contribution in [0.3, 0.4) is 0 Å². The summed E-state index contributed by atoms with van der Waals surface area (Å²) in [6, 6.07) is 2.93. The van der Waals surface area contributed by atoms with Gasteiger partial charge in [0.25, 0.3) is 6.43 Å². The second kappa shape index (κ2) is 15.2. The lowest BCUT2D eigenvalue weighted by Gasteiger charge is -2.46. The molecule has 44 heavy (non-hydrogen) atoms. The Morgan fingerprint density at radius 2 is 1.89 bits per heavy atom. The molecule has 0 aromatic heterocycles. The van der Waals surface area contributed by atoms with Crippen molar-refractivity contribution < 1.29 is 22.4 Å². The summed E-state index contributed by atoms with van der Waals surface area (Å²) in [6.07, 6.45) is -0.349.